The molecule has 4 rings (SSSR count). The van der Waals surface area contributed by atoms with E-state index in [1.807, 2.05) is 11.0 Å². The summed E-state index contributed by atoms with van der Waals surface area (Å²) in [4.78, 5) is 29.6. The third-order valence-corrected chi connectivity index (χ3v) is 5.69. The van der Waals surface area contributed by atoms with Crippen LogP contribution in [0.2, 0.25) is 0 Å². The molecule has 3 heterocycles. The van der Waals surface area contributed by atoms with Crippen molar-refractivity contribution >= 4 is 11.8 Å². The largest absolute Gasteiger partial charge is 0.472 e. The van der Waals surface area contributed by atoms with Crippen molar-refractivity contribution in [1.29, 1.82) is 0 Å². The van der Waals surface area contributed by atoms with E-state index in [4.69, 9.17) is 4.42 Å². The molecule has 1 aromatic heterocycles. The highest BCUT2D eigenvalue weighted by molar-refractivity contribution is 5.95. The Morgan fingerprint density at radius 3 is 2.88 bits per heavy atom. The summed E-state index contributed by atoms with van der Waals surface area (Å²) in [5, 5.41) is 0. The number of hydrogen-bond acceptors (Lipinski definition) is 3. The van der Waals surface area contributed by atoms with Crippen LogP contribution in [-0.2, 0) is 11.3 Å². The van der Waals surface area contributed by atoms with Crippen LogP contribution in [-0.4, -0.2) is 41.2 Å². The minimum absolute atomic E-state index is 0.0424. The Bertz CT molecular complexity index is 814. The molecular formula is C21H24N2O3. The van der Waals surface area contributed by atoms with Crippen LogP contribution in [0, 0.1) is 12.3 Å². The van der Waals surface area contributed by atoms with Crippen LogP contribution in [0.4, 0.5) is 0 Å². The van der Waals surface area contributed by atoms with Crippen LogP contribution >= 0.6 is 0 Å². The first-order valence-electron chi connectivity index (χ1n) is 9.24. The maximum absolute atomic E-state index is 13.3. The lowest BCUT2D eigenvalue weighted by molar-refractivity contribution is -0.146. The molecule has 0 aliphatic carbocycles. The molecule has 2 aliphatic heterocycles. The molecule has 0 saturated carbocycles. The highest BCUT2D eigenvalue weighted by Crippen LogP contribution is 2.41. The summed E-state index contributed by atoms with van der Waals surface area (Å²) in [6.07, 6.45) is 5.59. The minimum atomic E-state index is -0.415. The van der Waals surface area contributed by atoms with Gasteiger partial charge in [-0.3, -0.25) is 9.59 Å². The number of aryl methyl sites for hydroxylation is 1. The third kappa shape index (κ3) is 3.02. The maximum atomic E-state index is 13.3. The number of rotatable bonds is 3. The molecule has 136 valence electrons. The number of benzene rings is 1. The lowest BCUT2D eigenvalue weighted by Gasteiger charge is -2.39. The second-order valence-electron chi connectivity index (χ2n) is 7.59. The van der Waals surface area contributed by atoms with Gasteiger partial charge >= 0.3 is 0 Å². The molecule has 2 aromatic rings. The SMILES string of the molecule is Cc1cccc(CN2CCC[C@]3(CCN(C(=O)c4ccoc4)C3)C2=O)c1. The van der Waals surface area contributed by atoms with E-state index in [0.29, 0.717) is 25.2 Å². The Balaban J connectivity index is 1.48. The molecule has 26 heavy (non-hydrogen) atoms. The molecule has 2 saturated heterocycles. The van der Waals surface area contributed by atoms with Crippen LogP contribution in [0.5, 0.6) is 0 Å². The lowest BCUT2D eigenvalue weighted by Crippen LogP contribution is -2.50. The highest BCUT2D eigenvalue weighted by Gasteiger charge is 2.49. The molecule has 2 amide bonds. The zero-order chi connectivity index (χ0) is 18.1. The second kappa shape index (κ2) is 6.63. The zero-order valence-corrected chi connectivity index (χ0v) is 15.1. The molecule has 0 unspecified atom stereocenters. The van der Waals surface area contributed by atoms with Crippen molar-refractivity contribution < 1.29 is 14.0 Å². The first kappa shape index (κ1) is 16.9. The summed E-state index contributed by atoms with van der Waals surface area (Å²) >= 11 is 0. The topological polar surface area (TPSA) is 53.8 Å². The summed E-state index contributed by atoms with van der Waals surface area (Å²) in [5.74, 6) is 0.159. The van der Waals surface area contributed by atoms with Crippen LogP contribution in [0.3, 0.4) is 0 Å². The van der Waals surface area contributed by atoms with E-state index in [1.165, 1.54) is 23.7 Å². The van der Waals surface area contributed by atoms with E-state index in [-0.39, 0.29) is 11.8 Å². The summed E-state index contributed by atoms with van der Waals surface area (Å²) < 4.78 is 5.02. The molecular weight excluding hydrogens is 328 g/mol. The molecule has 0 N–H and O–H groups in total. The average molecular weight is 352 g/mol. The van der Waals surface area contributed by atoms with Crippen LogP contribution in [0.25, 0.3) is 0 Å². The summed E-state index contributed by atoms with van der Waals surface area (Å²) in [6, 6.07) is 10.00. The fourth-order valence-corrected chi connectivity index (χ4v) is 4.33. The summed E-state index contributed by atoms with van der Waals surface area (Å²) in [5.41, 5.74) is 2.52. The molecule has 0 bridgehead atoms. The maximum Gasteiger partial charge on any atom is 0.257 e. The van der Waals surface area contributed by atoms with Crippen LogP contribution in [0.15, 0.2) is 47.3 Å². The monoisotopic (exact) mass is 352 g/mol. The van der Waals surface area contributed by atoms with Gasteiger partial charge in [-0.1, -0.05) is 29.8 Å². The van der Waals surface area contributed by atoms with Crippen molar-refractivity contribution in [3.63, 3.8) is 0 Å². The second-order valence-corrected chi connectivity index (χ2v) is 7.59. The predicted molar refractivity (Wildman–Crippen MR) is 97.5 cm³/mol. The Morgan fingerprint density at radius 1 is 1.23 bits per heavy atom. The number of likely N-dealkylation sites (tertiary alicyclic amines) is 2. The molecule has 1 atom stereocenters. The molecule has 0 radical (unpaired) electrons. The molecule has 1 aromatic carbocycles. The number of amides is 2. The van der Waals surface area contributed by atoms with Gasteiger partial charge in [0.15, 0.2) is 0 Å². The van der Waals surface area contributed by atoms with Gasteiger partial charge in [-0.05, 0) is 37.8 Å². The normalized spacial score (nSPS) is 23.0. The minimum Gasteiger partial charge on any atom is -0.472 e. The van der Waals surface area contributed by atoms with E-state index >= 15 is 0 Å². The Kier molecular flexibility index (Phi) is 4.31. The smallest absolute Gasteiger partial charge is 0.257 e. The van der Waals surface area contributed by atoms with Gasteiger partial charge in [0.2, 0.25) is 5.91 Å². The number of carbonyl (C=O) groups excluding carboxylic acids is 2. The van der Waals surface area contributed by atoms with Gasteiger partial charge in [0.1, 0.15) is 6.26 Å². The standard InChI is InChI=1S/C21H24N2O3/c1-16-4-2-5-17(12-16)13-22-9-3-7-21(20(22)25)8-10-23(15-21)19(24)18-6-11-26-14-18/h2,4-6,11-12,14H,3,7-10,13,15H2,1H3/t21-/m1/s1. The van der Waals surface area contributed by atoms with Gasteiger partial charge in [-0.2, -0.15) is 0 Å². The number of piperidine rings is 1. The van der Waals surface area contributed by atoms with E-state index in [1.54, 1.807) is 11.0 Å². The number of furan rings is 1. The Hall–Kier alpha value is -2.56. The Morgan fingerprint density at radius 2 is 2.12 bits per heavy atom. The molecule has 1 spiro atoms. The molecule has 2 fully saturated rings. The van der Waals surface area contributed by atoms with Crippen LogP contribution in [0.1, 0.15) is 40.7 Å². The van der Waals surface area contributed by atoms with E-state index in [2.05, 4.69) is 25.1 Å². The summed E-state index contributed by atoms with van der Waals surface area (Å²) in [6.45, 7) is 4.66. The van der Waals surface area contributed by atoms with Gasteiger partial charge in [-0.15, -0.1) is 0 Å². The fourth-order valence-electron chi connectivity index (χ4n) is 4.33. The Labute approximate surface area is 153 Å². The van der Waals surface area contributed by atoms with Crippen molar-refractivity contribution in [1.82, 2.24) is 9.80 Å². The van der Waals surface area contributed by atoms with Crippen molar-refractivity contribution in [3.8, 4) is 0 Å². The fraction of sp³-hybridized carbons (Fsp3) is 0.429. The van der Waals surface area contributed by atoms with Crippen molar-refractivity contribution in [2.24, 2.45) is 5.41 Å². The predicted octanol–water partition coefficient (Wildman–Crippen LogP) is 3.24. The first-order valence-corrected chi connectivity index (χ1v) is 9.24. The van der Waals surface area contributed by atoms with Gasteiger partial charge in [0.25, 0.3) is 5.91 Å². The van der Waals surface area contributed by atoms with Gasteiger partial charge in [0, 0.05) is 26.2 Å². The lowest BCUT2D eigenvalue weighted by atomic mass is 9.78. The molecule has 5 nitrogen and oxygen atoms in total. The third-order valence-electron chi connectivity index (χ3n) is 5.69. The van der Waals surface area contributed by atoms with E-state index in [0.717, 1.165) is 25.8 Å². The van der Waals surface area contributed by atoms with Crippen LogP contribution < -0.4 is 0 Å². The zero-order valence-electron chi connectivity index (χ0n) is 15.1. The van der Waals surface area contributed by atoms with Gasteiger partial charge < -0.3 is 14.2 Å². The van der Waals surface area contributed by atoms with Gasteiger partial charge in [-0.25, -0.2) is 0 Å². The van der Waals surface area contributed by atoms with E-state index in [9.17, 15) is 9.59 Å². The molecule has 5 heteroatoms. The summed E-state index contributed by atoms with van der Waals surface area (Å²) in [7, 11) is 0. The number of nitrogens with zero attached hydrogens (tertiary/aromatic N) is 2. The highest BCUT2D eigenvalue weighted by atomic mass is 16.3. The van der Waals surface area contributed by atoms with Crippen molar-refractivity contribution in [2.45, 2.75) is 32.7 Å². The molecule has 2 aliphatic rings. The van der Waals surface area contributed by atoms with Crippen molar-refractivity contribution in [3.05, 3.63) is 59.5 Å². The quantitative estimate of drug-likeness (QED) is 0.852. The number of hydrogen-bond donors (Lipinski definition) is 0. The van der Waals surface area contributed by atoms with Gasteiger partial charge in [0.05, 0.1) is 17.2 Å². The van der Waals surface area contributed by atoms with E-state index < -0.39 is 5.41 Å². The first-order chi connectivity index (χ1) is 12.6. The number of carbonyl (C=O) groups is 2. The van der Waals surface area contributed by atoms with Crippen molar-refractivity contribution in [2.75, 3.05) is 19.6 Å². The average Bonchev–Trinajstić information content (AvgIpc) is 3.30.